The second-order valence-electron chi connectivity index (χ2n) is 11.3. The first-order valence-electron chi connectivity index (χ1n) is 14.7. The molecule has 3 aromatic rings. The average Bonchev–Trinajstić information content (AvgIpc) is 3.63. The van der Waals surface area contributed by atoms with Gasteiger partial charge in [-0.2, -0.15) is 0 Å². The number of aliphatic carboxylic acids is 2. The minimum absolute atomic E-state index is 0.0261. The zero-order chi connectivity index (χ0) is 31.7. The highest BCUT2D eigenvalue weighted by Crippen LogP contribution is 2.36. The van der Waals surface area contributed by atoms with Gasteiger partial charge in [0.05, 0.1) is 29.4 Å². The zero-order valence-electron chi connectivity index (χ0n) is 25.9. The number of aromatic amines is 2. The summed E-state index contributed by atoms with van der Waals surface area (Å²) in [6, 6.07) is 7.98. The number of nitrogens with zero attached hydrogens (tertiary/aromatic N) is 2. The molecule has 5 heterocycles. The Hall–Kier alpha value is -4.76. The van der Waals surface area contributed by atoms with Crippen LogP contribution in [-0.4, -0.2) is 55.8 Å². The number of methoxy groups -OCH3 is 1. The number of ether oxygens (including phenoxy) is 1. The summed E-state index contributed by atoms with van der Waals surface area (Å²) in [6.07, 6.45) is 3.12. The van der Waals surface area contributed by atoms with Gasteiger partial charge in [0, 0.05) is 47.6 Å². The summed E-state index contributed by atoms with van der Waals surface area (Å²) in [6.45, 7) is 12.7. The van der Waals surface area contributed by atoms with Crippen LogP contribution in [0.4, 0.5) is 0 Å². The van der Waals surface area contributed by atoms with E-state index in [0.717, 1.165) is 83.7 Å². The monoisotopic (exact) mass is 594 g/mol. The molecule has 0 unspecified atom stereocenters. The van der Waals surface area contributed by atoms with Crippen molar-refractivity contribution in [2.24, 2.45) is 0 Å². The van der Waals surface area contributed by atoms with E-state index in [1.165, 1.54) is 0 Å². The lowest BCUT2D eigenvalue weighted by atomic mass is 10.00. The number of allylic oxidation sites excluding steroid dienone is 5. The molecule has 3 aromatic heterocycles. The third-order valence-corrected chi connectivity index (χ3v) is 8.66. The van der Waals surface area contributed by atoms with Crippen LogP contribution in [0.25, 0.3) is 44.4 Å². The predicted molar refractivity (Wildman–Crippen MR) is 174 cm³/mol. The fraction of sp³-hybridized carbons (Fsp3) is 0.314. The van der Waals surface area contributed by atoms with Crippen LogP contribution in [0.15, 0.2) is 36.9 Å². The Balaban J connectivity index is 1.92. The van der Waals surface area contributed by atoms with Gasteiger partial charge in [-0.05, 0) is 110 Å². The lowest BCUT2D eigenvalue weighted by molar-refractivity contribution is -0.137. The number of H-pyrrole nitrogens is 2. The van der Waals surface area contributed by atoms with E-state index in [1.807, 2.05) is 45.0 Å². The number of rotatable bonds is 10. The van der Waals surface area contributed by atoms with E-state index in [2.05, 4.69) is 29.5 Å². The molecule has 0 radical (unpaired) electrons. The first-order valence-corrected chi connectivity index (χ1v) is 14.7. The highest BCUT2D eigenvalue weighted by Gasteiger charge is 2.21. The molecule has 44 heavy (non-hydrogen) atoms. The number of carboxylic acid groups (broad SMARTS) is 2. The molecular weight excluding hydrogens is 556 g/mol. The Kier molecular flexibility index (Phi) is 8.69. The topological polar surface area (TPSA) is 141 Å². The van der Waals surface area contributed by atoms with Gasteiger partial charge in [-0.15, -0.1) is 0 Å². The second-order valence-corrected chi connectivity index (χ2v) is 11.3. The molecular formula is C35H38N4O5. The molecule has 0 aliphatic carbocycles. The maximum Gasteiger partial charge on any atom is 0.303 e. The van der Waals surface area contributed by atoms with E-state index in [9.17, 15) is 19.8 Å². The fourth-order valence-electron chi connectivity index (χ4n) is 6.07. The number of carboxylic acids is 2. The standard InChI is InChI=1S/C35H38N4O5/c1-7-22-18(2)28-16-31-25(12-13-44-6)21(5)27(37-31)14-26-19(3)23(8-10-34(40)41)32(38-26)17-33-24(9-11-35(42)43)20(4)29(39-33)15-30(22)36-28/h7,14-17,37,39H,1,8-13H2,2-6H3,(H,40,41)(H,42,43). The largest absolute Gasteiger partial charge is 0.481 e. The number of nitrogens with one attached hydrogen (secondary N) is 2. The van der Waals surface area contributed by atoms with Crippen LogP contribution in [0.2, 0.25) is 0 Å². The van der Waals surface area contributed by atoms with Gasteiger partial charge >= 0.3 is 11.9 Å². The molecule has 5 rings (SSSR count). The zero-order valence-corrected chi connectivity index (χ0v) is 25.9. The molecule has 0 spiro atoms. The normalized spacial score (nSPS) is 13.1. The molecule has 0 saturated heterocycles. The van der Waals surface area contributed by atoms with Crippen molar-refractivity contribution in [2.75, 3.05) is 13.7 Å². The molecule has 8 bridgehead atoms. The molecule has 0 amide bonds. The van der Waals surface area contributed by atoms with Gasteiger partial charge in [0.2, 0.25) is 0 Å². The molecule has 2 aliphatic rings. The van der Waals surface area contributed by atoms with Gasteiger partial charge in [-0.25, -0.2) is 9.97 Å². The van der Waals surface area contributed by atoms with Gasteiger partial charge < -0.3 is 24.9 Å². The van der Waals surface area contributed by atoms with E-state index >= 15 is 0 Å². The molecule has 228 valence electrons. The summed E-state index contributed by atoms with van der Waals surface area (Å²) in [4.78, 5) is 40.3. The summed E-state index contributed by atoms with van der Waals surface area (Å²) < 4.78 is 5.43. The van der Waals surface area contributed by atoms with Crippen LogP contribution >= 0.6 is 0 Å². The lowest BCUT2D eigenvalue weighted by Gasteiger charge is -2.03. The molecule has 0 saturated carbocycles. The smallest absolute Gasteiger partial charge is 0.303 e. The lowest BCUT2D eigenvalue weighted by Crippen LogP contribution is -1.98. The first kappa shape index (κ1) is 30.7. The number of aryl methyl sites for hydroxylation is 3. The van der Waals surface area contributed by atoms with Crippen molar-refractivity contribution in [2.45, 2.75) is 59.8 Å². The quantitative estimate of drug-likeness (QED) is 0.197. The summed E-state index contributed by atoms with van der Waals surface area (Å²) in [5.41, 5.74) is 14.1. The van der Waals surface area contributed by atoms with Crippen LogP contribution in [0.5, 0.6) is 0 Å². The third-order valence-electron chi connectivity index (χ3n) is 8.66. The number of hydrogen-bond donors (Lipinski definition) is 4. The van der Waals surface area contributed by atoms with Crippen molar-refractivity contribution in [3.8, 4) is 0 Å². The van der Waals surface area contributed by atoms with Gasteiger partial charge in [-0.1, -0.05) is 12.7 Å². The van der Waals surface area contributed by atoms with E-state index < -0.39 is 11.9 Å². The molecule has 2 aliphatic heterocycles. The Bertz CT molecular complexity index is 1920. The van der Waals surface area contributed by atoms with Gasteiger partial charge in [0.25, 0.3) is 0 Å². The van der Waals surface area contributed by atoms with Gasteiger partial charge in [-0.3, -0.25) is 9.59 Å². The van der Waals surface area contributed by atoms with E-state index in [4.69, 9.17) is 14.7 Å². The fourth-order valence-corrected chi connectivity index (χ4v) is 6.07. The van der Waals surface area contributed by atoms with Crippen molar-refractivity contribution in [1.82, 2.24) is 19.9 Å². The van der Waals surface area contributed by atoms with Crippen LogP contribution < -0.4 is 0 Å². The predicted octanol–water partition coefficient (Wildman–Crippen LogP) is 7.05. The van der Waals surface area contributed by atoms with E-state index in [-0.39, 0.29) is 12.8 Å². The van der Waals surface area contributed by atoms with Crippen molar-refractivity contribution in [3.63, 3.8) is 0 Å². The number of carbonyl (C=O) groups is 2. The Morgan fingerprint density at radius 1 is 0.750 bits per heavy atom. The maximum atomic E-state index is 11.6. The summed E-state index contributed by atoms with van der Waals surface area (Å²) in [7, 11) is 1.69. The average molecular weight is 595 g/mol. The second kappa shape index (κ2) is 12.5. The minimum atomic E-state index is -0.881. The Labute approximate surface area is 256 Å². The summed E-state index contributed by atoms with van der Waals surface area (Å²) in [5, 5.41) is 19.0. The number of hydrogen-bond acceptors (Lipinski definition) is 5. The molecule has 9 nitrogen and oxygen atoms in total. The van der Waals surface area contributed by atoms with Gasteiger partial charge in [0.15, 0.2) is 0 Å². The highest BCUT2D eigenvalue weighted by atomic mass is 16.5. The first-order chi connectivity index (χ1) is 21.0. The van der Waals surface area contributed by atoms with Crippen LogP contribution in [0.3, 0.4) is 0 Å². The maximum absolute atomic E-state index is 11.6. The Morgan fingerprint density at radius 2 is 1.25 bits per heavy atom. The molecule has 0 atom stereocenters. The van der Waals surface area contributed by atoms with Gasteiger partial charge in [0.1, 0.15) is 0 Å². The van der Waals surface area contributed by atoms with E-state index in [1.54, 1.807) is 7.11 Å². The number of aromatic nitrogens is 4. The summed E-state index contributed by atoms with van der Waals surface area (Å²) in [5.74, 6) is -1.76. The van der Waals surface area contributed by atoms with Crippen molar-refractivity contribution in [3.05, 3.63) is 81.9 Å². The van der Waals surface area contributed by atoms with E-state index in [0.29, 0.717) is 31.6 Å². The SMILES string of the molecule is C=CC1=C(C)c2cc3[nH]c(cc4nc(cc5[nH]c(cc1n2)c(C)c5CCC(=O)O)C(CCC(=O)O)=C4C)c(C)c3CCOC. The minimum Gasteiger partial charge on any atom is -0.481 e. The van der Waals surface area contributed by atoms with Crippen molar-refractivity contribution < 1.29 is 24.5 Å². The van der Waals surface area contributed by atoms with Crippen LogP contribution in [-0.2, 0) is 27.2 Å². The molecule has 9 heteroatoms. The molecule has 0 aromatic carbocycles. The Morgan fingerprint density at radius 3 is 1.84 bits per heavy atom. The molecule has 4 N–H and O–H groups in total. The third kappa shape index (κ3) is 5.88. The van der Waals surface area contributed by atoms with Crippen LogP contribution in [0.1, 0.15) is 78.1 Å². The molecule has 0 fully saturated rings. The van der Waals surface area contributed by atoms with Crippen molar-refractivity contribution in [1.29, 1.82) is 0 Å². The summed E-state index contributed by atoms with van der Waals surface area (Å²) >= 11 is 0. The van der Waals surface area contributed by atoms with Crippen LogP contribution in [0, 0.1) is 13.8 Å². The van der Waals surface area contributed by atoms with Crippen molar-refractivity contribution >= 4 is 56.3 Å². The number of fused-ring (bicyclic) bond motifs is 8. The highest BCUT2D eigenvalue weighted by molar-refractivity contribution is 5.97.